The molecule has 0 saturated heterocycles. The Morgan fingerprint density at radius 3 is 3.06 bits per heavy atom. The molecule has 1 aromatic carbocycles. The maximum Gasteiger partial charge on any atom is 0.137 e. The molecule has 0 aliphatic heterocycles. The van der Waals surface area contributed by atoms with Crippen molar-refractivity contribution in [3.63, 3.8) is 0 Å². The summed E-state index contributed by atoms with van der Waals surface area (Å²) in [5, 5.41) is 1.13. The van der Waals surface area contributed by atoms with Gasteiger partial charge in [-0.25, -0.2) is 4.98 Å². The number of rotatable bonds is 2. The minimum absolute atomic E-state index is 0.662. The Labute approximate surface area is 106 Å². The predicted octanol–water partition coefficient (Wildman–Crippen LogP) is 3.41. The Bertz CT molecular complexity index is 732. The zero-order valence-corrected chi connectivity index (χ0v) is 9.85. The van der Waals surface area contributed by atoms with Crippen molar-refractivity contribution in [1.29, 1.82) is 0 Å². The van der Waals surface area contributed by atoms with Crippen LogP contribution in [0.1, 0.15) is 5.56 Å². The maximum absolute atomic E-state index is 5.36. The van der Waals surface area contributed by atoms with Crippen molar-refractivity contribution in [3.8, 4) is 23.5 Å². The molecule has 2 aromatic heterocycles. The van der Waals surface area contributed by atoms with Crippen LogP contribution in [0.3, 0.4) is 0 Å². The molecule has 3 rings (SSSR count). The lowest BCUT2D eigenvalue weighted by atomic mass is 10.0. The molecule has 2 heterocycles. The van der Waals surface area contributed by atoms with Gasteiger partial charge in [-0.3, -0.25) is 0 Å². The van der Waals surface area contributed by atoms with Crippen LogP contribution in [0, 0.1) is 12.3 Å². The van der Waals surface area contributed by atoms with Crippen molar-refractivity contribution in [2.45, 2.75) is 6.42 Å². The van der Waals surface area contributed by atoms with Gasteiger partial charge in [-0.2, -0.15) is 0 Å². The zero-order valence-electron chi connectivity index (χ0n) is 9.85. The van der Waals surface area contributed by atoms with Crippen LogP contribution in [-0.2, 0) is 6.42 Å². The highest BCUT2D eigenvalue weighted by Gasteiger charge is 2.05. The summed E-state index contributed by atoms with van der Waals surface area (Å²) in [4.78, 5) is 7.42. The van der Waals surface area contributed by atoms with Crippen molar-refractivity contribution in [2.24, 2.45) is 0 Å². The Morgan fingerprint density at radius 1 is 1.22 bits per heavy atom. The summed E-state index contributed by atoms with van der Waals surface area (Å²) >= 11 is 0. The first-order valence-electron chi connectivity index (χ1n) is 5.83. The molecule has 0 saturated carbocycles. The van der Waals surface area contributed by atoms with E-state index < -0.39 is 0 Å². The molecule has 0 unspecified atom stereocenters. The average Bonchev–Trinajstić information content (AvgIpc) is 2.87. The third kappa shape index (κ3) is 1.76. The summed E-state index contributed by atoms with van der Waals surface area (Å²) < 4.78 is 0. The highest BCUT2D eigenvalue weighted by molar-refractivity contribution is 5.92. The second kappa shape index (κ2) is 4.38. The minimum Gasteiger partial charge on any atom is -0.346 e. The molecular weight excluding hydrogens is 220 g/mol. The topological polar surface area (TPSA) is 28.7 Å². The number of nitrogens with one attached hydrogen (secondary N) is 1. The third-order valence-corrected chi connectivity index (χ3v) is 3.00. The standard InChI is InChI=1S/C16H12N2/c1-2-4-12-5-3-6-13(11-12)14-7-9-17-16-15(14)8-10-18-16/h1,3,5-11H,4H2,(H,17,18). The third-order valence-electron chi connectivity index (χ3n) is 3.00. The van der Waals surface area contributed by atoms with Crippen LogP contribution in [0.4, 0.5) is 0 Å². The van der Waals surface area contributed by atoms with Gasteiger partial charge in [0, 0.05) is 24.2 Å². The minimum atomic E-state index is 0.662. The molecule has 0 aliphatic rings. The van der Waals surface area contributed by atoms with Gasteiger partial charge in [-0.1, -0.05) is 24.3 Å². The lowest BCUT2D eigenvalue weighted by Crippen LogP contribution is -1.85. The smallest absolute Gasteiger partial charge is 0.137 e. The summed E-state index contributed by atoms with van der Waals surface area (Å²) in [7, 11) is 0. The molecule has 18 heavy (non-hydrogen) atoms. The van der Waals surface area contributed by atoms with Crippen LogP contribution in [0.5, 0.6) is 0 Å². The van der Waals surface area contributed by atoms with Crippen molar-refractivity contribution >= 4 is 11.0 Å². The molecule has 0 spiro atoms. The van der Waals surface area contributed by atoms with Gasteiger partial charge in [0.1, 0.15) is 5.65 Å². The van der Waals surface area contributed by atoms with E-state index in [4.69, 9.17) is 6.42 Å². The van der Waals surface area contributed by atoms with E-state index in [1.165, 1.54) is 11.1 Å². The SMILES string of the molecule is C#CCc1cccc(-c2ccnc3[nH]ccc23)c1. The first kappa shape index (κ1) is 10.6. The number of terminal acetylenes is 1. The molecule has 1 N–H and O–H groups in total. The number of aromatic nitrogens is 2. The fraction of sp³-hybridized carbons (Fsp3) is 0.0625. The maximum atomic E-state index is 5.36. The van der Waals surface area contributed by atoms with Gasteiger partial charge in [0.2, 0.25) is 0 Å². The van der Waals surface area contributed by atoms with Crippen molar-refractivity contribution in [1.82, 2.24) is 9.97 Å². The van der Waals surface area contributed by atoms with E-state index in [1.54, 1.807) is 0 Å². The van der Waals surface area contributed by atoms with E-state index in [-0.39, 0.29) is 0 Å². The number of pyridine rings is 1. The fourth-order valence-electron chi connectivity index (χ4n) is 2.18. The summed E-state index contributed by atoms with van der Waals surface area (Å²) in [6, 6.07) is 12.4. The van der Waals surface area contributed by atoms with E-state index >= 15 is 0 Å². The molecule has 0 aliphatic carbocycles. The molecule has 0 bridgehead atoms. The summed E-state index contributed by atoms with van der Waals surface area (Å²) in [6.07, 6.45) is 9.75. The molecule has 2 nitrogen and oxygen atoms in total. The van der Waals surface area contributed by atoms with E-state index in [0.29, 0.717) is 6.42 Å². The highest BCUT2D eigenvalue weighted by Crippen LogP contribution is 2.27. The first-order chi connectivity index (χ1) is 8.88. The highest BCUT2D eigenvalue weighted by atomic mass is 14.8. The number of nitrogens with zero attached hydrogens (tertiary/aromatic N) is 1. The molecule has 0 amide bonds. The van der Waals surface area contributed by atoms with Crippen molar-refractivity contribution < 1.29 is 0 Å². The monoisotopic (exact) mass is 232 g/mol. The van der Waals surface area contributed by atoms with Crippen LogP contribution in [-0.4, -0.2) is 9.97 Å². The largest absolute Gasteiger partial charge is 0.346 e. The van der Waals surface area contributed by atoms with Crippen LogP contribution in [0.25, 0.3) is 22.2 Å². The molecule has 3 aromatic rings. The van der Waals surface area contributed by atoms with Gasteiger partial charge in [-0.15, -0.1) is 12.3 Å². The second-order valence-corrected chi connectivity index (χ2v) is 4.18. The van der Waals surface area contributed by atoms with E-state index in [9.17, 15) is 0 Å². The lowest BCUT2D eigenvalue weighted by molar-refractivity contribution is 1.31. The quantitative estimate of drug-likeness (QED) is 0.674. The molecule has 0 radical (unpaired) electrons. The van der Waals surface area contributed by atoms with Crippen LogP contribution in [0.2, 0.25) is 0 Å². The van der Waals surface area contributed by atoms with Crippen LogP contribution in [0.15, 0.2) is 48.8 Å². The molecule has 0 atom stereocenters. The molecule has 86 valence electrons. The Hall–Kier alpha value is -2.53. The van der Waals surface area contributed by atoms with Gasteiger partial charge in [-0.05, 0) is 28.8 Å². The summed E-state index contributed by atoms with van der Waals surface area (Å²) in [5.74, 6) is 2.68. The number of benzene rings is 1. The van der Waals surface area contributed by atoms with E-state index in [2.05, 4.69) is 34.1 Å². The van der Waals surface area contributed by atoms with E-state index in [1.807, 2.05) is 30.6 Å². The van der Waals surface area contributed by atoms with Gasteiger partial charge in [0.15, 0.2) is 0 Å². The molecular formula is C16H12N2. The zero-order chi connectivity index (χ0) is 12.4. The van der Waals surface area contributed by atoms with E-state index in [0.717, 1.165) is 16.6 Å². The number of fused-ring (bicyclic) bond motifs is 1. The second-order valence-electron chi connectivity index (χ2n) is 4.18. The number of H-pyrrole nitrogens is 1. The Morgan fingerprint density at radius 2 is 2.17 bits per heavy atom. The van der Waals surface area contributed by atoms with Gasteiger partial charge < -0.3 is 4.98 Å². The van der Waals surface area contributed by atoms with Crippen molar-refractivity contribution in [2.75, 3.05) is 0 Å². The summed E-state index contributed by atoms with van der Waals surface area (Å²) in [5.41, 5.74) is 4.43. The Kier molecular flexibility index (Phi) is 2.59. The fourth-order valence-corrected chi connectivity index (χ4v) is 2.18. The number of hydrogen-bond acceptors (Lipinski definition) is 1. The molecule has 0 fully saturated rings. The molecule has 2 heteroatoms. The van der Waals surface area contributed by atoms with Crippen LogP contribution < -0.4 is 0 Å². The number of hydrogen-bond donors (Lipinski definition) is 1. The van der Waals surface area contributed by atoms with Crippen molar-refractivity contribution in [3.05, 3.63) is 54.4 Å². The van der Waals surface area contributed by atoms with Crippen LogP contribution >= 0.6 is 0 Å². The average molecular weight is 232 g/mol. The van der Waals surface area contributed by atoms with Gasteiger partial charge in [0.25, 0.3) is 0 Å². The Balaban J connectivity index is 2.17. The normalized spacial score (nSPS) is 10.4. The predicted molar refractivity (Wildman–Crippen MR) is 74.1 cm³/mol. The van der Waals surface area contributed by atoms with Gasteiger partial charge >= 0.3 is 0 Å². The number of aromatic amines is 1. The first-order valence-corrected chi connectivity index (χ1v) is 5.83. The lowest BCUT2D eigenvalue weighted by Gasteiger charge is -2.05. The van der Waals surface area contributed by atoms with Gasteiger partial charge in [0.05, 0.1) is 0 Å². The summed E-state index contributed by atoms with van der Waals surface area (Å²) in [6.45, 7) is 0.